The average Bonchev–Trinajstić information content (AvgIpc) is 3.21. The van der Waals surface area contributed by atoms with E-state index in [-0.39, 0.29) is 11.9 Å². The van der Waals surface area contributed by atoms with Crippen LogP contribution < -0.4 is 0 Å². The van der Waals surface area contributed by atoms with Crippen molar-refractivity contribution in [2.45, 2.75) is 51.6 Å². The zero-order chi connectivity index (χ0) is 18.1. The molecule has 0 atom stereocenters. The van der Waals surface area contributed by atoms with Crippen molar-refractivity contribution < 1.29 is 9.21 Å². The fraction of sp³-hybridized carbons (Fsp3) is 0.429. The highest BCUT2D eigenvalue weighted by molar-refractivity contribution is 5.93. The fourth-order valence-electron chi connectivity index (χ4n) is 4.00. The Hall–Kier alpha value is -2.56. The van der Waals surface area contributed by atoms with E-state index in [4.69, 9.17) is 4.42 Å². The number of nitrogens with zero attached hydrogens (tertiary/aromatic N) is 3. The maximum atomic E-state index is 13.3. The van der Waals surface area contributed by atoms with Crippen LogP contribution in [0.2, 0.25) is 0 Å². The van der Waals surface area contributed by atoms with Gasteiger partial charge in [-0.3, -0.25) is 9.48 Å². The molecule has 0 saturated heterocycles. The summed E-state index contributed by atoms with van der Waals surface area (Å²) in [5.74, 6) is 0.879. The molecule has 1 saturated carbocycles. The molecule has 0 spiro atoms. The number of furan rings is 1. The Kier molecular flexibility index (Phi) is 4.53. The van der Waals surface area contributed by atoms with Crippen molar-refractivity contribution in [3.05, 3.63) is 53.5 Å². The summed E-state index contributed by atoms with van der Waals surface area (Å²) in [4.78, 5) is 15.3. The molecule has 4 rings (SSSR count). The van der Waals surface area contributed by atoms with Crippen LogP contribution in [0.4, 0.5) is 0 Å². The van der Waals surface area contributed by atoms with E-state index >= 15 is 0 Å². The van der Waals surface area contributed by atoms with E-state index in [9.17, 15) is 4.79 Å². The van der Waals surface area contributed by atoms with Crippen LogP contribution in [-0.4, -0.2) is 26.6 Å². The van der Waals surface area contributed by atoms with E-state index in [1.807, 2.05) is 55.3 Å². The van der Waals surface area contributed by atoms with E-state index in [0.717, 1.165) is 35.3 Å². The molecule has 2 heterocycles. The number of para-hydroxylation sites is 1. The summed E-state index contributed by atoms with van der Waals surface area (Å²) in [7, 11) is 1.83. The summed E-state index contributed by atoms with van der Waals surface area (Å²) < 4.78 is 7.68. The standard InChI is InChI=1S/C21H25N3O2/c1-15-12-19(23(2)22-15)21(25)24(17-9-4-3-5-10-17)14-18-13-16-8-6-7-11-20(16)26-18/h6-8,11-13,17H,3-5,9-10,14H2,1-2H3. The third-order valence-electron chi connectivity index (χ3n) is 5.30. The molecule has 26 heavy (non-hydrogen) atoms. The highest BCUT2D eigenvalue weighted by atomic mass is 16.3. The number of rotatable bonds is 4. The van der Waals surface area contributed by atoms with Crippen molar-refractivity contribution in [1.82, 2.24) is 14.7 Å². The van der Waals surface area contributed by atoms with Crippen LogP contribution in [0.3, 0.4) is 0 Å². The molecule has 0 N–H and O–H groups in total. The van der Waals surface area contributed by atoms with E-state index in [1.165, 1.54) is 19.3 Å². The lowest BCUT2D eigenvalue weighted by atomic mass is 9.94. The lowest BCUT2D eigenvalue weighted by Crippen LogP contribution is -2.41. The van der Waals surface area contributed by atoms with Crippen molar-refractivity contribution in [2.75, 3.05) is 0 Å². The van der Waals surface area contributed by atoms with Gasteiger partial charge in [-0.25, -0.2) is 0 Å². The zero-order valence-corrected chi connectivity index (χ0v) is 15.4. The van der Waals surface area contributed by atoms with Gasteiger partial charge >= 0.3 is 0 Å². The van der Waals surface area contributed by atoms with Crippen molar-refractivity contribution in [3.63, 3.8) is 0 Å². The number of carbonyl (C=O) groups is 1. The monoisotopic (exact) mass is 351 g/mol. The van der Waals surface area contributed by atoms with E-state index in [0.29, 0.717) is 12.2 Å². The van der Waals surface area contributed by atoms with Gasteiger partial charge < -0.3 is 9.32 Å². The van der Waals surface area contributed by atoms with Crippen LogP contribution in [-0.2, 0) is 13.6 Å². The van der Waals surface area contributed by atoms with Crippen LogP contribution in [0.15, 0.2) is 40.8 Å². The normalized spacial score (nSPS) is 15.5. The molecule has 1 aliphatic carbocycles. The second kappa shape index (κ2) is 6.98. The largest absolute Gasteiger partial charge is 0.459 e. The molecule has 0 unspecified atom stereocenters. The first kappa shape index (κ1) is 16.9. The SMILES string of the molecule is Cc1cc(C(=O)N(Cc2cc3ccccc3o2)C2CCCCC2)n(C)n1. The highest BCUT2D eigenvalue weighted by Crippen LogP contribution is 2.27. The molecule has 1 fully saturated rings. The van der Waals surface area contributed by atoms with Gasteiger partial charge in [0.2, 0.25) is 0 Å². The number of carbonyl (C=O) groups excluding carboxylic acids is 1. The Morgan fingerprint density at radius 2 is 2.00 bits per heavy atom. The molecule has 3 aromatic rings. The summed E-state index contributed by atoms with van der Waals surface area (Å²) in [6, 6.07) is 12.2. The Labute approximate surface area is 153 Å². The second-order valence-corrected chi connectivity index (χ2v) is 7.27. The smallest absolute Gasteiger partial charge is 0.272 e. The predicted molar refractivity (Wildman–Crippen MR) is 101 cm³/mol. The minimum absolute atomic E-state index is 0.0421. The molecule has 1 aromatic carbocycles. The van der Waals surface area contributed by atoms with Crippen molar-refractivity contribution >= 4 is 16.9 Å². The van der Waals surface area contributed by atoms with Crippen LogP contribution in [0.1, 0.15) is 54.0 Å². The zero-order valence-electron chi connectivity index (χ0n) is 15.4. The molecule has 1 amide bonds. The minimum atomic E-state index is 0.0421. The van der Waals surface area contributed by atoms with Gasteiger partial charge in [0.1, 0.15) is 17.0 Å². The minimum Gasteiger partial charge on any atom is -0.459 e. The van der Waals surface area contributed by atoms with Gasteiger partial charge in [-0.2, -0.15) is 5.10 Å². The summed E-state index contributed by atoms with van der Waals surface area (Å²) in [6.07, 6.45) is 5.73. The van der Waals surface area contributed by atoms with Crippen LogP contribution in [0.5, 0.6) is 0 Å². The van der Waals surface area contributed by atoms with E-state index < -0.39 is 0 Å². The van der Waals surface area contributed by atoms with E-state index in [2.05, 4.69) is 5.10 Å². The first-order chi connectivity index (χ1) is 12.6. The third kappa shape index (κ3) is 3.26. The quantitative estimate of drug-likeness (QED) is 0.698. The number of benzene rings is 1. The van der Waals surface area contributed by atoms with Crippen LogP contribution in [0.25, 0.3) is 11.0 Å². The Bertz CT molecular complexity index is 885. The first-order valence-electron chi connectivity index (χ1n) is 9.41. The van der Waals surface area contributed by atoms with Gasteiger partial charge in [-0.15, -0.1) is 0 Å². The lowest BCUT2D eigenvalue weighted by Gasteiger charge is -2.33. The first-order valence-corrected chi connectivity index (χ1v) is 9.41. The van der Waals surface area contributed by atoms with Crippen molar-refractivity contribution in [1.29, 1.82) is 0 Å². The molecule has 5 nitrogen and oxygen atoms in total. The summed E-state index contributed by atoms with van der Waals surface area (Å²) >= 11 is 0. The lowest BCUT2D eigenvalue weighted by molar-refractivity contribution is 0.0586. The molecular weight excluding hydrogens is 326 g/mol. The Morgan fingerprint density at radius 1 is 1.23 bits per heavy atom. The Balaban J connectivity index is 1.65. The van der Waals surface area contributed by atoms with E-state index in [1.54, 1.807) is 4.68 Å². The van der Waals surface area contributed by atoms with Crippen LogP contribution >= 0.6 is 0 Å². The third-order valence-corrected chi connectivity index (χ3v) is 5.30. The molecule has 0 radical (unpaired) electrons. The second-order valence-electron chi connectivity index (χ2n) is 7.27. The number of hydrogen-bond acceptors (Lipinski definition) is 3. The molecule has 0 aliphatic heterocycles. The van der Waals surface area contributed by atoms with Crippen LogP contribution in [0, 0.1) is 6.92 Å². The summed E-state index contributed by atoms with van der Waals surface area (Å²) in [6.45, 7) is 2.42. The molecular formula is C21H25N3O2. The maximum Gasteiger partial charge on any atom is 0.272 e. The van der Waals surface area contributed by atoms with Gasteiger partial charge in [0.15, 0.2) is 0 Å². The van der Waals surface area contributed by atoms with Gasteiger partial charge in [-0.05, 0) is 38.0 Å². The number of fused-ring (bicyclic) bond motifs is 1. The molecule has 136 valence electrons. The molecule has 1 aliphatic rings. The number of aromatic nitrogens is 2. The Morgan fingerprint density at radius 3 is 2.69 bits per heavy atom. The molecule has 0 bridgehead atoms. The fourth-order valence-corrected chi connectivity index (χ4v) is 4.00. The van der Waals surface area contributed by atoms with Gasteiger partial charge in [0.05, 0.1) is 12.2 Å². The number of aryl methyl sites for hydroxylation is 2. The van der Waals surface area contributed by atoms with Gasteiger partial charge in [-0.1, -0.05) is 37.5 Å². The number of hydrogen-bond donors (Lipinski definition) is 0. The maximum absolute atomic E-state index is 13.3. The highest BCUT2D eigenvalue weighted by Gasteiger charge is 2.29. The van der Waals surface area contributed by atoms with Gasteiger partial charge in [0, 0.05) is 18.5 Å². The average molecular weight is 351 g/mol. The molecule has 5 heteroatoms. The number of amides is 1. The topological polar surface area (TPSA) is 51.3 Å². The summed E-state index contributed by atoms with van der Waals surface area (Å²) in [5.41, 5.74) is 2.38. The van der Waals surface area contributed by atoms with Gasteiger partial charge in [0.25, 0.3) is 5.91 Å². The molecule has 2 aromatic heterocycles. The summed E-state index contributed by atoms with van der Waals surface area (Å²) in [5, 5.41) is 5.43. The van der Waals surface area contributed by atoms with Crippen molar-refractivity contribution in [2.24, 2.45) is 7.05 Å². The van der Waals surface area contributed by atoms with Crippen molar-refractivity contribution in [3.8, 4) is 0 Å². The predicted octanol–water partition coefficient (Wildman–Crippen LogP) is 4.45.